The van der Waals surface area contributed by atoms with Crippen LogP contribution in [-0.2, 0) is 0 Å². The Hall–Kier alpha value is -1.82. The lowest BCUT2D eigenvalue weighted by Gasteiger charge is -2.27. The quantitative estimate of drug-likeness (QED) is 0.585. The van der Waals surface area contributed by atoms with Crippen LogP contribution in [0.15, 0.2) is 18.2 Å². The van der Waals surface area contributed by atoms with Gasteiger partial charge >= 0.3 is 0 Å². The fourth-order valence-electron chi connectivity index (χ4n) is 1.71. The monoisotopic (exact) mass is 267 g/mol. The van der Waals surface area contributed by atoms with E-state index in [9.17, 15) is 10.1 Å². The average Bonchev–Trinajstić information content (AvgIpc) is 2.44. The molecule has 1 aromatic carbocycles. The molecule has 0 saturated carbocycles. The van der Waals surface area contributed by atoms with E-state index in [0.717, 1.165) is 12.8 Å². The number of nitrogens with two attached hydrogens (primary N) is 1. The molecule has 0 aliphatic heterocycles. The van der Waals surface area contributed by atoms with Crippen molar-refractivity contribution in [3.8, 4) is 5.75 Å². The van der Waals surface area contributed by atoms with Gasteiger partial charge in [-0.2, -0.15) is 0 Å². The lowest BCUT2D eigenvalue weighted by Crippen LogP contribution is -2.45. The molecule has 0 atom stereocenters. The Bertz CT molecular complexity index is 445. The molecule has 19 heavy (non-hydrogen) atoms. The number of nitro groups is 1. The number of anilines is 1. The van der Waals surface area contributed by atoms with Gasteiger partial charge in [-0.05, 0) is 25.0 Å². The molecule has 0 amide bonds. The van der Waals surface area contributed by atoms with Gasteiger partial charge in [-0.15, -0.1) is 0 Å². The predicted octanol–water partition coefficient (Wildman–Crippen LogP) is 2.53. The SMILES string of the molecule is CCC(N)(CC)CNc1ccc(OC)cc1[N+](=O)[O-]. The van der Waals surface area contributed by atoms with E-state index in [0.29, 0.717) is 18.0 Å². The molecule has 6 heteroatoms. The largest absolute Gasteiger partial charge is 0.496 e. The molecule has 0 spiro atoms. The van der Waals surface area contributed by atoms with Gasteiger partial charge < -0.3 is 15.8 Å². The van der Waals surface area contributed by atoms with Gasteiger partial charge in [-0.3, -0.25) is 10.1 Å². The number of hydrogen-bond acceptors (Lipinski definition) is 5. The predicted molar refractivity (Wildman–Crippen MR) is 75.6 cm³/mol. The van der Waals surface area contributed by atoms with Gasteiger partial charge in [0.2, 0.25) is 0 Å². The molecule has 0 radical (unpaired) electrons. The average molecular weight is 267 g/mol. The Kier molecular flexibility index (Phi) is 5.11. The number of nitrogens with one attached hydrogen (secondary N) is 1. The van der Waals surface area contributed by atoms with Gasteiger partial charge in [0.1, 0.15) is 11.4 Å². The molecule has 0 bridgehead atoms. The Balaban J connectivity index is 2.92. The number of rotatable bonds is 7. The van der Waals surface area contributed by atoms with Crippen LogP contribution in [0, 0.1) is 10.1 Å². The van der Waals surface area contributed by atoms with Crippen molar-refractivity contribution in [3.63, 3.8) is 0 Å². The van der Waals surface area contributed by atoms with E-state index in [-0.39, 0.29) is 11.2 Å². The van der Waals surface area contributed by atoms with Crippen LogP contribution in [0.4, 0.5) is 11.4 Å². The van der Waals surface area contributed by atoms with Crippen molar-refractivity contribution < 1.29 is 9.66 Å². The minimum absolute atomic E-state index is 0.00564. The summed E-state index contributed by atoms with van der Waals surface area (Å²) < 4.78 is 4.99. The lowest BCUT2D eigenvalue weighted by atomic mass is 9.94. The van der Waals surface area contributed by atoms with Gasteiger partial charge in [-0.1, -0.05) is 13.8 Å². The summed E-state index contributed by atoms with van der Waals surface area (Å²) in [6.07, 6.45) is 1.61. The van der Waals surface area contributed by atoms with Gasteiger partial charge in [0, 0.05) is 12.1 Å². The zero-order valence-corrected chi connectivity index (χ0v) is 11.6. The standard InChI is InChI=1S/C13H21N3O3/c1-4-13(14,5-2)9-15-11-7-6-10(19-3)8-12(11)16(17)18/h6-8,15H,4-5,9,14H2,1-3H3. The molecule has 6 nitrogen and oxygen atoms in total. The van der Waals surface area contributed by atoms with Crippen LogP contribution in [-0.4, -0.2) is 24.1 Å². The van der Waals surface area contributed by atoms with Crippen molar-refractivity contribution in [3.05, 3.63) is 28.3 Å². The van der Waals surface area contributed by atoms with Crippen LogP contribution >= 0.6 is 0 Å². The van der Waals surface area contributed by atoms with Crippen LogP contribution in [0.25, 0.3) is 0 Å². The number of ether oxygens (including phenoxy) is 1. The summed E-state index contributed by atoms with van der Waals surface area (Å²) in [6.45, 7) is 4.51. The van der Waals surface area contributed by atoms with Gasteiger partial charge in [-0.25, -0.2) is 0 Å². The first-order chi connectivity index (χ1) is 8.95. The first-order valence-corrected chi connectivity index (χ1v) is 6.31. The summed E-state index contributed by atoms with van der Waals surface area (Å²) in [6, 6.07) is 4.73. The summed E-state index contributed by atoms with van der Waals surface area (Å²) >= 11 is 0. The number of nitrogens with zero attached hydrogens (tertiary/aromatic N) is 1. The highest BCUT2D eigenvalue weighted by Crippen LogP contribution is 2.29. The van der Waals surface area contributed by atoms with Crippen LogP contribution < -0.4 is 15.8 Å². The van der Waals surface area contributed by atoms with E-state index >= 15 is 0 Å². The van der Waals surface area contributed by atoms with E-state index in [1.54, 1.807) is 12.1 Å². The summed E-state index contributed by atoms with van der Waals surface area (Å²) in [5.41, 5.74) is 6.27. The number of hydrogen-bond donors (Lipinski definition) is 2. The maximum atomic E-state index is 11.0. The second kappa shape index (κ2) is 6.38. The fourth-order valence-corrected chi connectivity index (χ4v) is 1.71. The van der Waals surface area contributed by atoms with Crippen molar-refractivity contribution >= 4 is 11.4 Å². The minimum Gasteiger partial charge on any atom is -0.496 e. The Labute approximate surface area is 113 Å². The fraction of sp³-hybridized carbons (Fsp3) is 0.538. The third-order valence-corrected chi connectivity index (χ3v) is 3.44. The smallest absolute Gasteiger partial charge is 0.296 e. The highest BCUT2D eigenvalue weighted by atomic mass is 16.6. The molecule has 0 heterocycles. The second-order valence-corrected chi connectivity index (χ2v) is 4.56. The summed E-state index contributed by atoms with van der Waals surface area (Å²) in [4.78, 5) is 10.6. The minimum atomic E-state index is -0.430. The highest BCUT2D eigenvalue weighted by Gasteiger charge is 2.22. The molecule has 1 rings (SSSR count). The maximum absolute atomic E-state index is 11.0. The molecule has 0 aliphatic rings. The van der Waals surface area contributed by atoms with Gasteiger partial charge in [0.25, 0.3) is 5.69 Å². The normalized spacial score (nSPS) is 11.2. The van der Waals surface area contributed by atoms with Crippen molar-refractivity contribution in [1.82, 2.24) is 0 Å². The van der Waals surface area contributed by atoms with E-state index < -0.39 is 4.92 Å². The molecule has 0 saturated heterocycles. The molecular formula is C13H21N3O3. The van der Waals surface area contributed by atoms with Crippen LogP contribution in [0.3, 0.4) is 0 Å². The summed E-state index contributed by atoms with van der Waals surface area (Å²) in [5.74, 6) is 0.460. The molecule has 0 unspecified atom stereocenters. The molecule has 106 valence electrons. The third kappa shape index (κ3) is 3.82. The number of nitro benzene ring substituents is 1. The Morgan fingerprint density at radius 3 is 2.53 bits per heavy atom. The van der Waals surface area contributed by atoms with Gasteiger partial charge in [0.15, 0.2) is 0 Å². The Morgan fingerprint density at radius 2 is 2.05 bits per heavy atom. The molecule has 3 N–H and O–H groups in total. The van der Waals surface area contributed by atoms with E-state index in [1.165, 1.54) is 13.2 Å². The van der Waals surface area contributed by atoms with E-state index in [1.807, 2.05) is 13.8 Å². The Morgan fingerprint density at radius 1 is 1.42 bits per heavy atom. The first kappa shape index (κ1) is 15.2. The van der Waals surface area contributed by atoms with E-state index in [2.05, 4.69) is 5.32 Å². The van der Waals surface area contributed by atoms with Crippen LogP contribution in [0.5, 0.6) is 5.75 Å². The van der Waals surface area contributed by atoms with Crippen LogP contribution in [0.1, 0.15) is 26.7 Å². The summed E-state index contributed by atoms with van der Waals surface area (Å²) in [5, 5.41) is 14.1. The van der Waals surface area contributed by atoms with Crippen molar-refractivity contribution in [1.29, 1.82) is 0 Å². The molecule has 1 aromatic rings. The zero-order valence-electron chi connectivity index (χ0n) is 11.6. The molecule has 0 fully saturated rings. The second-order valence-electron chi connectivity index (χ2n) is 4.56. The topological polar surface area (TPSA) is 90.4 Å². The zero-order chi connectivity index (χ0) is 14.5. The third-order valence-electron chi connectivity index (χ3n) is 3.44. The number of methoxy groups -OCH3 is 1. The lowest BCUT2D eigenvalue weighted by molar-refractivity contribution is -0.384. The molecular weight excluding hydrogens is 246 g/mol. The molecule has 0 aromatic heterocycles. The number of benzene rings is 1. The van der Waals surface area contributed by atoms with Gasteiger partial charge in [0.05, 0.1) is 18.1 Å². The maximum Gasteiger partial charge on any atom is 0.296 e. The highest BCUT2D eigenvalue weighted by molar-refractivity contribution is 5.64. The van der Waals surface area contributed by atoms with E-state index in [4.69, 9.17) is 10.5 Å². The van der Waals surface area contributed by atoms with Crippen molar-refractivity contribution in [2.75, 3.05) is 19.0 Å². The van der Waals surface area contributed by atoms with Crippen molar-refractivity contribution in [2.24, 2.45) is 5.73 Å². The first-order valence-electron chi connectivity index (χ1n) is 6.31. The van der Waals surface area contributed by atoms with Crippen molar-refractivity contribution in [2.45, 2.75) is 32.2 Å². The molecule has 0 aliphatic carbocycles. The van der Waals surface area contributed by atoms with Crippen LogP contribution in [0.2, 0.25) is 0 Å². The summed E-state index contributed by atoms with van der Waals surface area (Å²) in [7, 11) is 1.48.